The highest BCUT2D eigenvalue weighted by Crippen LogP contribution is 2.56. The number of rotatable bonds is 2. The van der Waals surface area contributed by atoms with Crippen molar-refractivity contribution >= 4 is 41.3 Å². The molecule has 1 N–H and O–H groups in total. The summed E-state index contributed by atoms with van der Waals surface area (Å²) in [4.78, 5) is 38.4. The number of imide groups is 1. The minimum Gasteiger partial charge on any atom is -0.479 e. The van der Waals surface area contributed by atoms with Crippen molar-refractivity contribution in [3.63, 3.8) is 0 Å². The second kappa shape index (κ2) is 4.91. The average Bonchev–Trinajstić information content (AvgIpc) is 2.85. The maximum atomic E-state index is 12.7. The van der Waals surface area contributed by atoms with Crippen LogP contribution in [0.25, 0.3) is 0 Å². The van der Waals surface area contributed by atoms with Crippen molar-refractivity contribution in [2.75, 3.05) is 0 Å². The molecule has 3 aliphatic rings. The second-order valence-corrected chi connectivity index (χ2v) is 10.2. The minimum atomic E-state index is -1.30. The van der Waals surface area contributed by atoms with E-state index in [4.69, 9.17) is 0 Å². The standard InChI is InChI=1S/C14H19NO4S2/c1-13(2)20-8-9(21-13)11(17)15(10(8)16)14(12(18)19)6-4-3-5-7-14/h8-9H,3-7H2,1-2H3,(H,18,19). The van der Waals surface area contributed by atoms with Crippen molar-refractivity contribution in [1.82, 2.24) is 4.90 Å². The van der Waals surface area contributed by atoms with E-state index in [2.05, 4.69) is 0 Å². The van der Waals surface area contributed by atoms with Crippen LogP contribution in [0.5, 0.6) is 0 Å². The Kier molecular flexibility index (Phi) is 3.56. The molecule has 116 valence electrons. The summed E-state index contributed by atoms with van der Waals surface area (Å²) >= 11 is 2.97. The summed E-state index contributed by atoms with van der Waals surface area (Å²) in [6, 6.07) is 0. The number of aliphatic carboxylic acids is 1. The molecule has 0 spiro atoms. The van der Waals surface area contributed by atoms with E-state index in [9.17, 15) is 19.5 Å². The summed E-state index contributed by atoms with van der Waals surface area (Å²) in [5.74, 6) is -1.62. The van der Waals surface area contributed by atoms with Gasteiger partial charge in [0, 0.05) is 0 Å². The van der Waals surface area contributed by atoms with Gasteiger partial charge in [0.15, 0.2) is 0 Å². The molecule has 0 aromatic heterocycles. The highest BCUT2D eigenvalue weighted by molar-refractivity contribution is 8.22. The number of carbonyl (C=O) groups excluding carboxylic acids is 2. The molecule has 1 aliphatic carbocycles. The Labute approximate surface area is 132 Å². The van der Waals surface area contributed by atoms with E-state index in [1.54, 1.807) is 0 Å². The van der Waals surface area contributed by atoms with Crippen LogP contribution in [0.15, 0.2) is 0 Å². The van der Waals surface area contributed by atoms with Crippen LogP contribution < -0.4 is 0 Å². The van der Waals surface area contributed by atoms with Crippen molar-refractivity contribution in [1.29, 1.82) is 0 Å². The van der Waals surface area contributed by atoms with Gasteiger partial charge in [-0.1, -0.05) is 19.3 Å². The Morgan fingerprint density at radius 3 is 2.00 bits per heavy atom. The summed E-state index contributed by atoms with van der Waals surface area (Å²) in [5.41, 5.74) is -1.30. The van der Waals surface area contributed by atoms with Crippen molar-refractivity contribution in [3.8, 4) is 0 Å². The highest BCUT2D eigenvalue weighted by Gasteiger charge is 2.63. The predicted molar refractivity (Wildman–Crippen MR) is 82.1 cm³/mol. The van der Waals surface area contributed by atoms with Crippen molar-refractivity contribution < 1.29 is 19.5 Å². The molecule has 2 heterocycles. The van der Waals surface area contributed by atoms with Gasteiger partial charge >= 0.3 is 5.97 Å². The van der Waals surface area contributed by atoms with Crippen LogP contribution in [-0.4, -0.2) is 47.9 Å². The number of carboxylic acids is 1. The van der Waals surface area contributed by atoms with Crippen LogP contribution in [0.4, 0.5) is 0 Å². The number of nitrogens with zero attached hydrogens (tertiary/aromatic N) is 1. The Morgan fingerprint density at radius 1 is 1.10 bits per heavy atom. The van der Waals surface area contributed by atoms with Crippen molar-refractivity contribution in [3.05, 3.63) is 0 Å². The minimum absolute atomic E-state index is 0.171. The average molecular weight is 329 g/mol. The molecule has 0 aromatic carbocycles. The van der Waals surface area contributed by atoms with Crippen LogP contribution in [0.1, 0.15) is 46.0 Å². The van der Waals surface area contributed by atoms with Gasteiger partial charge in [0.1, 0.15) is 16.0 Å². The third-order valence-corrected chi connectivity index (χ3v) is 7.87. The molecule has 0 aromatic rings. The van der Waals surface area contributed by atoms with E-state index in [-0.39, 0.29) is 15.9 Å². The lowest BCUT2D eigenvalue weighted by molar-refractivity contribution is -0.165. The van der Waals surface area contributed by atoms with Crippen molar-refractivity contribution in [2.45, 2.75) is 66.1 Å². The van der Waals surface area contributed by atoms with Gasteiger partial charge in [-0.2, -0.15) is 0 Å². The lowest BCUT2D eigenvalue weighted by Crippen LogP contribution is -2.59. The third kappa shape index (κ3) is 2.20. The molecule has 0 radical (unpaired) electrons. The van der Waals surface area contributed by atoms with Gasteiger partial charge in [-0.3, -0.25) is 14.5 Å². The van der Waals surface area contributed by atoms with E-state index < -0.39 is 22.0 Å². The number of fused-ring (bicyclic) bond motifs is 1. The van der Waals surface area contributed by atoms with Crippen LogP contribution in [0.2, 0.25) is 0 Å². The zero-order chi connectivity index (χ0) is 15.4. The maximum absolute atomic E-state index is 12.7. The second-order valence-electron chi connectivity index (χ2n) is 6.39. The van der Waals surface area contributed by atoms with Gasteiger partial charge in [-0.15, -0.1) is 23.5 Å². The summed E-state index contributed by atoms with van der Waals surface area (Å²) in [6.07, 6.45) is 3.25. The molecule has 0 bridgehead atoms. The van der Waals surface area contributed by atoms with Gasteiger partial charge in [-0.25, -0.2) is 4.79 Å². The Hall–Kier alpha value is -0.690. The monoisotopic (exact) mass is 329 g/mol. The van der Waals surface area contributed by atoms with Gasteiger partial charge < -0.3 is 5.11 Å². The predicted octanol–water partition coefficient (Wildman–Crippen LogP) is 2.10. The molecule has 3 rings (SSSR count). The number of amides is 2. The third-order valence-electron chi connectivity index (χ3n) is 4.53. The zero-order valence-corrected chi connectivity index (χ0v) is 13.8. The molecular formula is C14H19NO4S2. The molecule has 2 amide bonds. The van der Waals surface area contributed by atoms with E-state index >= 15 is 0 Å². The fourth-order valence-corrected chi connectivity index (χ4v) is 6.87. The first-order valence-corrected chi connectivity index (χ1v) is 9.01. The molecule has 2 aliphatic heterocycles. The topological polar surface area (TPSA) is 74.7 Å². The summed E-state index contributed by atoms with van der Waals surface area (Å²) in [5, 5.41) is 8.85. The molecule has 5 nitrogen and oxygen atoms in total. The number of hydrogen-bond acceptors (Lipinski definition) is 5. The summed E-state index contributed by atoms with van der Waals surface area (Å²) < 4.78 is -0.171. The molecule has 3 fully saturated rings. The van der Waals surface area contributed by atoms with Gasteiger partial charge in [0.2, 0.25) is 11.8 Å². The van der Waals surface area contributed by atoms with E-state index in [1.807, 2.05) is 13.8 Å². The number of hydrogen-bond donors (Lipinski definition) is 1. The number of carboxylic acid groups (broad SMARTS) is 1. The normalized spacial score (nSPS) is 34.1. The van der Waals surface area contributed by atoms with Crippen LogP contribution in [0, 0.1) is 0 Å². The van der Waals surface area contributed by atoms with E-state index in [0.717, 1.165) is 24.2 Å². The lowest BCUT2D eigenvalue weighted by Gasteiger charge is -2.40. The first kappa shape index (κ1) is 15.2. The Bertz CT molecular complexity index is 487. The number of carbonyl (C=O) groups is 3. The first-order valence-electron chi connectivity index (χ1n) is 7.25. The fourth-order valence-electron chi connectivity index (χ4n) is 3.58. The van der Waals surface area contributed by atoms with Gasteiger partial charge in [-0.05, 0) is 26.7 Å². The van der Waals surface area contributed by atoms with Crippen molar-refractivity contribution in [2.24, 2.45) is 0 Å². The molecular weight excluding hydrogens is 310 g/mol. The smallest absolute Gasteiger partial charge is 0.330 e. The van der Waals surface area contributed by atoms with Gasteiger partial charge in [0.25, 0.3) is 0 Å². The summed E-state index contributed by atoms with van der Waals surface area (Å²) in [7, 11) is 0. The zero-order valence-electron chi connectivity index (χ0n) is 12.1. The molecule has 2 saturated heterocycles. The van der Waals surface area contributed by atoms with Crippen LogP contribution in [0.3, 0.4) is 0 Å². The van der Waals surface area contributed by atoms with Crippen LogP contribution >= 0.6 is 23.5 Å². The molecule has 2 atom stereocenters. The number of thioether (sulfide) groups is 2. The quantitative estimate of drug-likeness (QED) is 0.782. The Morgan fingerprint density at radius 2 is 1.57 bits per heavy atom. The lowest BCUT2D eigenvalue weighted by atomic mass is 9.80. The molecule has 7 heteroatoms. The molecule has 2 unspecified atom stereocenters. The highest BCUT2D eigenvalue weighted by atomic mass is 32.2. The first-order chi connectivity index (χ1) is 9.78. The van der Waals surface area contributed by atoms with E-state index in [0.29, 0.717) is 12.8 Å². The van der Waals surface area contributed by atoms with Crippen LogP contribution in [-0.2, 0) is 14.4 Å². The van der Waals surface area contributed by atoms with E-state index in [1.165, 1.54) is 23.5 Å². The summed E-state index contributed by atoms with van der Waals surface area (Å²) in [6.45, 7) is 4.00. The fraction of sp³-hybridized carbons (Fsp3) is 0.786. The SMILES string of the molecule is CC1(C)SC2C(=O)N(C3(C(=O)O)CCCCC3)C(=O)C2S1. The maximum Gasteiger partial charge on any atom is 0.330 e. The molecule has 21 heavy (non-hydrogen) atoms. The Balaban J connectivity index is 1.95. The largest absolute Gasteiger partial charge is 0.479 e. The molecule has 1 saturated carbocycles. The number of likely N-dealkylation sites (tertiary alicyclic amines) is 1. The van der Waals surface area contributed by atoms with Gasteiger partial charge in [0.05, 0.1) is 4.08 Å².